The number of hydrogen-bond donors (Lipinski definition) is 0. The number of fused-ring (bicyclic) bond motifs is 3. The van der Waals surface area contributed by atoms with Crippen molar-refractivity contribution in [1.29, 1.82) is 0 Å². The maximum absolute atomic E-state index is 3.14. The molecule has 0 heterocycles. The molecule has 4 aromatic rings. The molecule has 1 aliphatic carbocycles. The topological polar surface area (TPSA) is 0 Å². The molecule has 164 valence electrons. The molecule has 0 bridgehead atoms. The van der Waals surface area contributed by atoms with Crippen LogP contribution in [0, 0.1) is 12.0 Å². The maximum atomic E-state index is 3.14. The second kappa shape index (κ2) is 13.9. The van der Waals surface area contributed by atoms with E-state index in [0.29, 0.717) is 5.92 Å². The standard InChI is InChI=1S/C13H9.C8H11.C8H8.2FH.Zr/c1-3-7-12-10(5-1)9-11-6-2-4-8-13(11)12;1-7(2)8-5-3-4-6-8;1-2-8-6-4-3-5-7-8;;;/h1-9H;5-7H,3H2,1-2H3;3-7H,1H3;2*1H;/q2*-1;;;;+2. The van der Waals surface area contributed by atoms with Gasteiger partial charge in [0.25, 0.3) is 0 Å². The fourth-order valence-corrected chi connectivity index (χ4v) is 3.82. The number of benzene rings is 3. The summed E-state index contributed by atoms with van der Waals surface area (Å²) in [5.74, 6) is 0.685. The third-order valence-electron chi connectivity index (χ3n) is 5.12. The molecule has 0 unspecified atom stereocenters. The van der Waals surface area contributed by atoms with Gasteiger partial charge in [-0.2, -0.15) is 11.6 Å². The molecule has 0 aliphatic heterocycles. The summed E-state index contributed by atoms with van der Waals surface area (Å²) in [5, 5.41) is 5.39. The molecule has 0 N–H and O–H groups in total. The van der Waals surface area contributed by atoms with Gasteiger partial charge < -0.3 is 0 Å². The first kappa shape index (κ1) is 27.7. The van der Waals surface area contributed by atoms with Crippen LogP contribution < -0.4 is 0 Å². The zero-order chi connectivity index (χ0) is 21.3. The van der Waals surface area contributed by atoms with E-state index in [9.17, 15) is 0 Å². The Morgan fingerprint density at radius 1 is 0.812 bits per heavy atom. The summed E-state index contributed by atoms with van der Waals surface area (Å²) in [6, 6.07) is 29.7. The van der Waals surface area contributed by atoms with Crippen molar-refractivity contribution in [2.24, 2.45) is 5.92 Å². The minimum atomic E-state index is 0. The summed E-state index contributed by atoms with van der Waals surface area (Å²) in [5.41, 5.74) is 2.81. The van der Waals surface area contributed by atoms with Crippen LogP contribution in [0.1, 0.15) is 32.8 Å². The summed E-state index contributed by atoms with van der Waals surface area (Å²) in [4.78, 5) is 0. The third-order valence-corrected chi connectivity index (χ3v) is 5.83. The van der Waals surface area contributed by atoms with Crippen molar-refractivity contribution >= 4 is 24.8 Å². The maximum Gasteiger partial charge on any atom is -0.0771 e. The van der Waals surface area contributed by atoms with E-state index >= 15 is 0 Å². The van der Waals surface area contributed by atoms with Gasteiger partial charge in [-0.1, -0.05) is 56.2 Å². The van der Waals surface area contributed by atoms with E-state index in [0.717, 1.165) is 6.42 Å². The Bertz CT molecular complexity index is 1120. The zero-order valence-electron chi connectivity index (χ0n) is 18.8. The molecule has 0 saturated heterocycles. The van der Waals surface area contributed by atoms with Gasteiger partial charge in [0.05, 0.1) is 0 Å². The van der Waals surface area contributed by atoms with Crippen molar-refractivity contribution in [2.75, 3.05) is 0 Å². The van der Waals surface area contributed by atoms with Gasteiger partial charge in [0, 0.05) is 0 Å². The van der Waals surface area contributed by atoms with Crippen LogP contribution in [0.4, 0.5) is 9.41 Å². The minimum Gasteiger partial charge on any atom is -0.269 e. The Labute approximate surface area is 205 Å². The molecule has 0 saturated carbocycles. The van der Waals surface area contributed by atoms with Crippen LogP contribution in [-0.2, 0) is 24.2 Å². The van der Waals surface area contributed by atoms with Crippen LogP contribution >= 0.6 is 0 Å². The molecule has 3 heteroatoms. The minimum absolute atomic E-state index is 0. The fraction of sp³-hybridized carbons (Fsp3) is 0.172. The summed E-state index contributed by atoms with van der Waals surface area (Å²) < 4.78 is 1.46. The first-order valence-corrected chi connectivity index (χ1v) is 11.7. The quantitative estimate of drug-likeness (QED) is 0.240. The number of halogens is 2. The van der Waals surface area contributed by atoms with Crippen LogP contribution in [0.5, 0.6) is 0 Å². The van der Waals surface area contributed by atoms with Gasteiger partial charge in [-0.15, -0.1) is 46.2 Å². The largest absolute Gasteiger partial charge is 0.269 e. The Kier molecular flexibility index (Phi) is 12.0. The number of allylic oxidation sites excluding steroid dienone is 4. The predicted octanol–water partition coefficient (Wildman–Crippen LogP) is 8.12. The second-order valence-corrected chi connectivity index (χ2v) is 9.56. The van der Waals surface area contributed by atoms with Crippen LogP contribution in [0.2, 0.25) is 0 Å². The molecule has 0 atom stereocenters. The van der Waals surface area contributed by atoms with E-state index in [1.165, 1.54) is 60.1 Å². The first-order chi connectivity index (χ1) is 14.6. The van der Waals surface area contributed by atoms with Gasteiger partial charge in [-0.3, -0.25) is 15.5 Å². The summed E-state index contributed by atoms with van der Waals surface area (Å²) in [6.45, 7) is 6.57. The smallest absolute Gasteiger partial charge is 0.0771 e. The van der Waals surface area contributed by atoms with Gasteiger partial charge in [-0.25, -0.2) is 6.08 Å². The monoisotopic (exact) mass is 506 g/mol. The molecule has 0 fully saturated rings. The third kappa shape index (κ3) is 7.64. The predicted molar refractivity (Wildman–Crippen MR) is 134 cm³/mol. The summed E-state index contributed by atoms with van der Waals surface area (Å²) in [6.07, 6.45) is 8.47. The van der Waals surface area contributed by atoms with Crippen LogP contribution in [0.25, 0.3) is 21.5 Å². The molecular weight excluding hydrogens is 478 g/mol. The van der Waals surface area contributed by atoms with Gasteiger partial charge in [0.1, 0.15) is 0 Å². The molecule has 0 amide bonds. The normalized spacial score (nSPS) is 11.5. The van der Waals surface area contributed by atoms with Crippen molar-refractivity contribution in [1.82, 2.24) is 0 Å². The van der Waals surface area contributed by atoms with Crippen molar-refractivity contribution in [2.45, 2.75) is 27.2 Å². The van der Waals surface area contributed by atoms with Gasteiger partial charge in [-0.05, 0) is 0 Å². The van der Waals surface area contributed by atoms with Crippen LogP contribution in [0.3, 0.4) is 0 Å². The molecule has 32 heavy (non-hydrogen) atoms. The average Bonchev–Trinajstić information content (AvgIpc) is 3.44. The Morgan fingerprint density at radius 2 is 1.31 bits per heavy atom. The van der Waals surface area contributed by atoms with Crippen LogP contribution in [-0.4, -0.2) is 3.21 Å². The van der Waals surface area contributed by atoms with Crippen molar-refractivity contribution in [3.8, 4) is 0 Å². The molecule has 0 nitrogen and oxygen atoms in total. The SMILES string of the molecule is CC(C)C1=CC[C-]=C1.C[C](=[Zr+2])c1ccccc1.F.F.c1ccc2c(c1)[cH-]c1ccccc12. The molecule has 0 spiro atoms. The van der Waals surface area contributed by atoms with Crippen molar-refractivity contribution in [3.05, 3.63) is 114 Å². The number of rotatable bonds is 2. The molecular formula is C29H30F2Zr. The summed E-state index contributed by atoms with van der Waals surface area (Å²) in [7, 11) is 0. The van der Waals surface area contributed by atoms with Crippen molar-refractivity contribution < 1.29 is 33.6 Å². The molecule has 5 rings (SSSR count). The van der Waals surface area contributed by atoms with E-state index in [2.05, 4.69) is 118 Å². The van der Waals surface area contributed by atoms with Crippen molar-refractivity contribution in [3.63, 3.8) is 0 Å². The van der Waals surface area contributed by atoms with E-state index in [-0.39, 0.29) is 9.41 Å². The molecule has 1 aliphatic rings. The number of hydrogen-bond acceptors (Lipinski definition) is 0. The zero-order valence-corrected chi connectivity index (χ0v) is 21.3. The first-order valence-electron chi connectivity index (χ1n) is 10.5. The van der Waals surface area contributed by atoms with E-state index < -0.39 is 0 Å². The average molecular weight is 508 g/mol. The molecule has 4 aromatic carbocycles. The van der Waals surface area contributed by atoms with E-state index in [1.54, 1.807) is 0 Å². The molecule has 0 aromatic heterocycles. The molecule has 0 radical (unpaired) electrons. The second-order valence-electron chi connectivity index (χ2n) is 7.72. The summed E-state index contributed by atoms with van der Waals surface area (Å²) >= 11 is 1.51. The van der Waals surface area contributed by atoms with Gasteiger partial charge >= 0.3 is 70.3 Å². The van der Waals surface area contributed by atoms with Gasteiger partial charge in [0.15, 0.2) is 0 Å². The van der Waals surface area contributed by atoms with E-state index in [4.69, 9.17) is 0 Å². The van der Waals surface area contributed by atoms with Gasteiger partial charge in [0.2, 0.25) is 0 Å². The van der Waals surface area contributed by atoms with E-state index in [1.807, 2.05) is 6.07 Å². The Balaban J connectivity index is 0.000000242. The Hall–Kier alpha value is -2.38. The fourth-order valence-electron chi connectivity index (χ4n) is 3.41. The Morgan fingerprint density at radius 3 is 1.69 bits per heavy atom. The van der Waals surface area contributed by atoms with Crippen LogP contribution in [0.15, 0.2) is 103 Å².